The normalized spacial score (nSPS) is 14.4. The SMILES string of the molecule is CCOC(=O)CN1C(=O)S/C(=C/c2cc(OC)c(OCc3ccccc3C#N)cc2Br)C1=O. The summed E-state index contributed by atoms with van der Waals surface area (Å²) in [4.78, 5) is 37.5. The van der Waals surface area contributed by atoms with E-state index in [2.05, 4.69) is 22.0 Å². The smallest absolute Gasteiger partial charge is 0.326 e. The maximum absolute atomic E-state index is 12.6. The zero-order valence-corrected chi connectivity index (χ0v) is 20.2. The van der Waals surface area contributed by atoms with E-state index in [9.17, 15) is 19.6 Å². The van der Waals surface area contributed by atoms with Crippen LogP contribution in [0.25, 0.3) is 6.08 Å². The highest BCUT2D eigenvalue weighted by atomic mass is 79.9. The van der Waals surface area contributed by atoms with Gasteiger partial charge in [0.15, 0.2) is 11.5 Å². The van der Waals surface area contributed by atoms with Gasteiger partial charge in [0.25, 0.3) is 11.1 Å². The van der Waals surface area contributed by atoms with Crippen molar-refractivity contribution >= 4 is 50.9 Å². The van der Waals surface area contributed by atoms with Crippen LogP contribution in [0.15, 0.2) is 45.8 Å². The molecule has 0 saturated carbocycles. The van der Waals surface area contributed by atoms with E-state index in [1.165, 1.54) is 13.2 Å². The van der Waals surface area contributed by atoms with E-state index in [4.69, 9.17) is 14.2 Å². The summed E-state index contributed by atoms with van der Waals surface area (Å²) in [5, 5.41) is 8.70. The molecule has 0 unspecified atom stereocenters. The molecule has 2 amide bonds. The molecule has 3 rings (SSSR count). The largest absolute Gasteiger partial charge is 0.493 e. The summed E-state index contributed by atoms with van der Waals surface area (Å²) in [5.41, 5.74) is 1.83. The van der Waals surface area contributed by atoms with Crippen LogP contribution in [0, 0.1) is 11.3 Å². The Bertz CT molecular complexity index is 1170. The summed E-state index contributed by atoms with van der Waals surface area (Å²) in [7, 11) is 1.48. The lowest BCUT2D eigenvalue weighted by Crippen LogP contribution is -2.34. The van der Waals surface area contributed by atoms with Crippen LogP contribution in [0.2, 0.25) is 0 Å². The van der Waals surface area contributed by atoms with E-state index < -0.39 is 23.7 Å². The van der Waals surface area contributed by atoms with Gasteiger partial charge < -0.3 is 14.2 Å². The number of hydrogen-bond donors (Lipinski definition) is 0. The number of nitrogens with zero attached hydrogens (tertiary/aromatic N) is 2. The van der Waals surface area contributed by atoms with Crippen molar-refractivity contribution in [2.45, 2.75) is 13.5 Å². The third-order valence-electron chi connectivity index (χ3n) is 4.56. The highest BCUT2D eigenvalue weighted by Crippen LogP contribution is 2.38. The Morgan fingerprint density at radius 2 is 2.00 bits per heavy atom. The van der Waals surface area contributed by atoms with Gasteiger partial charge in [-0.25, -0.2) is 0 Å². The molecule has 0 aromatic heterocycles. The molecule has 1 aliphatic rings. The molecule has 2 aromatic rings. The number of nitriles is 1. The number of hydrogen-bond acceptors (Lipinski definition) is 8. The zero-order chi connectivity index (χ0) is 24.0. The summed E-state index contributed by atoms with van der Waals surface area (Å²) in [5.74, 6) is -0.380. The number of benzene rings is 2. The van der Waals surface area contributed by atoms with Crippen LogP contribution in [0.3, 0.4) is 0 Å². The van der Waals surface area contributed by atoms with E-state index in [-0.39, 0.29) is 18.1 Å². The fourth-order valence-electron chi connectivity index (χ4n) is 2.96. The van der Waals surface area contributed by atoms with E-state index >= 15 is 0 Å². The highest BCUT2D eigenvalue weighted by molar-refractivity contribution is 9.10. The van der Waals surface area contributed by atoms with Crippen molar-refractivity contribution in [1.29, 1.82) is 5.26 Å². The average Bonchev–Trinajstić information content (AvgIpc) is 3.06. The number of halogens is 1. The molecule has 170 valence electrons. The molecule has 10 heteroatoms. The monoisotopic (exact) mass is 530 g/mol. The van der Waals surface area contributed by atoms with Gasteiger partial charge in [-0.1, -0.05) is 34.1 Å². The number of amides is 2. The van der Waals surface area contributed by atoms with Crippen molar-refractivity contribution in [2.75, 3.05) is 20.3 Å². The van der Waals surface area contributed by atoms with E-state index in [1.807, 2.05) is 6.07 Å². The van der Waals surface area contributed by atoms with Crippen molar-refractivity contribution < 1.29 is 28.6 Å². The van der Waals surface area contributed by atoms with Gasteiger partial charge in [-0.2, -0.15) is 5.26 Å². The Morgan fingerprint density at radius 3 is 2.70 bits per heavy atom. The summed E-state index contributed by atoms with van der Waals surface area (Å²) in [6, 6.07) is 12.6. The summed E-state index contributed by atoms with van der Waals surface area (Å²) in [6.45, 7) is 1.54. The Hall–Kier alpha value is -3.29. The first kappa shape index (κ1) is 24.4. The molecule has 1 saturated heterocycles. The van der Waals surface area contributed by atoms with Gasteiger partial charge in [-0.3, -0.25) is 19.3 Å². The molecule has 1 heterocycles. The van der Waals surface area contributed by atoms with Crippen LogP contribution in [0.4, 0.5) is 4.79 Å². The Labute approximate surface area is 203 Å². The van der Waals surface area contributed by atoms with Gasteiger partial charge in [0, 0.05) is 10.0 Å². The summed E-state index contributed by atoms with van der Waals surface area (Å²) >= 11 is 4.20. The molecule has 0 atom stereocenters. The predicted molar refractivity (Wildman–Crippen MR) is 125 cm³/mol. The van der Waals surface area contributed by atoms with Crippen LogP contribution in [0.5, 0.6) is 11.5 Å². The molecular weight excluding hydrogens is 512 g/mol. The Kier molecular flexibility index (Phi) is 8.14. The average molecular weight is 531 g/mol. The molecule has 0 N–H and O–H groups in total. The van der Waals surface area contributed by atoms with Gasteiger partial charge in [0.05, 0.1) is 30.3 Å². The van der Waals surface area contributed by atoms with Gasteiger partial charge in [0.1, 0.15) is 13.2 Å². The lowest BCUT2D eigenvalue weighted by Gasteiger charge is -2.14. The van der Waals surface area contributed by atoms with Gasteiger partial charge in [0.2, 0.25) is 0 Å². The van der Waals surface area contributed by atoms with Gasteiger partial charge in [-0.15, -0.1) is 0 Å². The number of esters is 1. The minimum atomic E-state index is -0.650. The third-order valence-corrected chi connectivity index (χ3v) is 6.15. The Balaban J connectivity index is 1.81. The van der Waals surface area contributed by atoms with Crippen molar-refractivity contribution in [3.05, 3.63) is 62.5 Å². The van der Waals surface area contributed by atoms with Crippen molar-refractivity contribution in [2.24, 2.45) is 0 Å². The first-order valence-electron chi connectivity index (χ1n) is 9.77. The lowest BCUT2D eigenvalue weighted by atomic mass is 10.1. The summed E-state index contributed by atoms with van der Waals surface area (Å²) in [6.07, 6.45) is 1.54. The minimum Gasteiger partial charge on any atom is -0.493 e. The van der Waals surface area contributed by atoms with Crippen LogP contribution in [0.1, 0.15) is 23.6 Å². The molecule has 1 aliphatic heterocycles. The molecule has 33 heavy (non-hydrogen) atoms. The fraction of sp³-hybridized carbons (Fsp3) is 0.217. The standard InChI is InChI=1S/C23H19BrN2O6S/c1-3-31-21(27)12-26-22(28)20(33-23(26)29)9-16-8-18(30-2)19(10-17(16)24)32-13-15-7-5-4-6-14(15)11-25/h4-10H,3,12-13H2,1-2H3/b20-9+. The Morgan fingerprint density at radius 1 is 1.24 bits per heavy atom. The second-order valence-corrected chi connectivity index (χ2v) is 8.50. The number of imide groups is 1. The number of ether oxygens (including phenoxy) is 3. The first-order valence-corrected chi connectivity index (χ1v) is 11.4. The second-order valence-electron chi connectivity index (χ2n) is 6.66. The molecule has 0 aliphatic carbocycles. The number of carbonyl (C=O) groups excluding carboxylic acids is 3. The molecule has 0 spiro atoms. The van der Waals surface area contributed by atoms with Crippen LogP contribution in [-0.4, -0.2) is 42.3 Å². The van der Waals surface area contributed by atoms with Crippen LogP contribution < -0.4 is 9.47 Å². The lowest BCUT2D eigenvalue weighted by molar-refractivity contribution is -0.145. The van der Waals surface area contributed by atoms with Gasteiger partial charge in [-0.05, 0) is 48.5 Å². The van der Waals surface area contributed by atoms with Crippen molar-refractivity contribution in [3.63, 3.8) is 0 Å². The zero-order valence-electron chi connectivity index (χ0n) is 17.8. The van der Waals surface area contributed by atoms with Crippen molar-refractivity contribution in [1.82, 2.24) is 4.90 Å². The highest BCUT2D eigenvalue weighted by Gasteiger charge is 2.36. The number of carbonyl (C=O) groups is 3. The topological polar surface area (TPSA) is 106 Å². The molecule has 8 nitrogen and oxygen atoms in total. The molecule has 2 aromatic carbocycles. The summed E-state index contributed by atoms with van der Waals surface area (Å²) < 4.78 is 16.7. The van der Waals surface area contributed by atoms with E-state index in [0.29, 0.717) is 27.1 Å². The fourth-order valence-corrected chi connectivity index (χ4v) is 4.22. The van der Waals surface area contributed by atoms with Gasteiger partial charge >= 0.3 is 5.97 Å². The molecule has 1 fully saturated rings. The maximum atomic E-state index is 12.6. The third kappa shape index (κ3) is 5.74. The quantitative estimate of drug-likeness (QED) is 0.362. The first-order chi connectivity index (χ1) is 15.9. The minimum absolute atomic E-state index is 0.161. The maximum Gasteiger partial charge on any atom is 0.326 e. The predicted octanol–water partition coefficient (Wildman–Crippen LogP) is 4.51. The van der Waals surface area contributed by atoms with E-state index in [0.717, 1.165) is 22.2 Å². The number of thioether (sulfide) groups is 1. The van der Waals surface area contributed by atoms with Crippen LogP contribution in [-0.2, 0) is 20.9 Å². The number of rotatable bonds is 8. The molecular formula is C23H19BrN2O6S. The number of methoxy groups -OCH3 is 1. The van der Waals surface area contributed by atoms with E-state index in [1.54, 1.807) is 37.3 Å². The molecule has 0 bridgehead atoms. The second kappa shape index (κ2) is 11.0. The molecule has 0 radical (unpaired) electrons. The van der Waals surface area contributed by atoms with Crippen molar-refractivity contribution in [3.8, 4) is 17.6 Å². The van der Waals surface area contributed by atoms with Crippen LogP contribution >= 0.6 is 27.7 Å².